The maximum Gasteiger partial charge on any atom is 0.255 e. The molecule has 2 aromatic carbocycles. The standard InChI is InChI=1S/C19H21NO3/c1-14(15-8-4-2-5-9-15)20(12-13-21)19(22)18-17(23-18)16-10-6-3-7-11-16/h2-11,14,17-18,21H,12-13H2,1H3/t14-,17+,18-/m0/s1. The van der Waals surface area contributed by atoms with E-state index in [1.807, 2.05) is 67.6 Å². The van der Waals surface area contributed by atoms with E-state index in [1.165, 1.54) is 0 Å². The van der Waals surface area contributed by atoms with Crippen LogP contribution < -0.4 is 0 Å². The monoisotopic (exact) mass is 311 g/mol. The van der Waals surface area contributed by atoms with Gasteiger partial charge < -0.3 is 14.7 Å². The highest BCUT2D eigenvalue weighted by Crippen LogP contribution is 2.40. The molecule has 4 heteroatoms. The normalized spacial score (nSPS) is 20.8. The van der Waals surface area contributed by atoms with Gasteiger partial charge in [-0.05, 0) is 18.1 Å². The number of amides is 1. The first-order valence-corrected chi connectivity index (χ1v) is 7.89. The summed E-state index contributed by atoms with van der Waals surface area (Å²) in [5.41, 5.74) is 2.06. The fraction of sp³-hybridized carbons (Fsp3) is 0.316. The zero-order valence-electron chi connectivity index (χ0n) is 13.1. The van der Waals surface area contributed by atoms with Crippen LogP contribution in [0.15, 0.2) is 60.7 Å². The number of aliphatic hydroxyl groups is 1. The van der Waals surface area contributed by atoms with E-state index in [0.717, 1.165) is 11.1 Å². The number of benzene rings is 2. The second-order valence-electron chi connectivity index (χ2n) is 5.73. The second kappa shape index (κ2) is 6.94. The molecule has 0 saturated carbocycles. The summed E-state index contributed by atoms with van der Waals surface area (Å²) >= 11 is 0. The highest BCUT2D eigenvalue weighted by Gasteiger charge is 2.48. The van der Waals surface area contributed by atoms with Crippen LogP contribution in [0.3, 0.4) is 0 Å². The van der Waals surface area contributed by atoms with Crippen LogP contribution in [-0.4, -0.2) is 35.2 Å². The second-order valence-corrected chi connectivity index (χ2v) is 5.73. The Bertz CT molecular complexity index is 644. The first kappa shape index (κ1) is 15.7. The quantitative estimate of drug-likeness (QED) is 0.835. The fourth-order valence-corrected chi connectivity index (χ4v) is 2.87. The van der Waals surface area contributed by atoms with Gasteiger partial charge in [-0.2, -0.15) is 0 Å². The molecule has 0 unspecified atom stereocenters. The van der Waals surface area contributed by atoms with Crippen molar-refractivity contribution in [3.8, 4) is 0 Å². The van der Waals surface area contributed by atoms with Crippen molar-refractivity contribution in [2.24, 2.45) is 0 Å². The predicted octanol–water partition coefficient (Wildman–Crippen LogP) is 2.71. The van der Waals surface area contributed by atoms with Crippen molar-refractivity contribution in [2.45, 2.75) is 25.2 Å². The molecule has 3 atom stereocenters. The molecule has 1 amide bonds. The van der Waals surface area contributed by atoms with Crippen LogP contribution in [-0.2, 0) is 9.53 Å². The van der Waals surface area contributed by atoms with E-state index >= 15 is 0 Å². The maximum atomic E-state index is 12.8. The lowest BCUT2D eigenvalue weighted by Crippen LogP contribution is -2.38. The molecule has 3 rings (SSSR count). The minimum Gasteiger partial charge on any atom is -0.395 e. The van der Waals surface area contributed by atoms with Gasteiger partial charge in [0.05, 0.1) is 12.6 Å². The summed E-state index contributed by atoms with van der Waals surface area (Å²) in [6.45, 7) is 2.21. The molecule has 1 heterocycles. The largest absolute Gasteiger partial charge is 0.395 e. The van der Waals surface area contributed by atoms with E-state index in [-0.39, 0.29) is 24.7 Å². The highest BCUT2D eigenvalue weighted by atomic mass is 16.6. The summed E-state index contributed by atoms with van der Waals surface area (Å²) in [7, 11) is 0. The Morgan fingerprint density at radius 1 is 1.13 bits per heavy atom. The van der Waals surface area contributed by atoms with Gasteiger partial charge in [0, 0.05) is 6.54 Å². The SMILES string of the molecule is C[C@@H](c1ccccc1)N(CCO)C(=O)[C@H]1O[C@@H]1c1ccccc1. The number of ether oxygens (including phenoxy) is 1. The van der Waals surface area contributed by atoms with Gasteiger partial charge in [-0.25, -0.2) is 0 Å². The van der Waals surface area contributed by atoms with Crippen LogP contribution in [0.1, 0.15) is 30.2 Å². The Morgan fingerprint density at radius 3 is 2.35 bits per heavy atom. The van der Waals surface area contributed by atoms with E-state index in [1.54, 1.807) is 4.90 Å². The van der Waals surface area contributed by atoms with E-state index in [0.29, 0.717) is 6.54 Å². The average Bonchev–Trinajstić information content (AvgIpc) is 3.41. The van der Waals surface area contributed by atoms with E-state index in [9.17, 15) is 9.90 Å². The molecule has 0 spiro atoms. The summed E-state index contributed by atoms with van der Waals surface area (Å²) < 4.78 is 5.61. The van der Waals surface area contributed by atoms with Crippen LogP contribution in [0, 0.1) is 0 Å². The lowest BCUT2D eigenvalue weighted by Gasteiger charge is -2.28. The lowest BCUT2D eigenvalue weighted by atomic mass is 10.1. The minimum atomic E-state index is -0.449. The number of hydrogen-bond acceptors (Lipinski definition) is 3. The summed E-state index contributed by atoms with van der Waals surface area (Å²) in [5.74, 6) is -0.0655. The molecule has 1 saturated heterocycles. The summed E-state index contributed by atoms with van der Waals surface area (Å²) in [5, 5.41) is 9.33. The lowest BCUT2D eigenvalue weighted by molar-refractivity contribution is -0.135. The Hall–Kier alpha value is -2.17. The third kappa shape index (κ3) is 3.44. The molecule has 1 aliphatic rings. The maximum absolute atomic E-state index is 12.8. The molecular formula is C19H21NO3. The molecule has 2 aromatic rings. The van der Waals surface area contributed by atoms with Crippen molar-refractivity contribution in [1.29, 1.82) is 0 Å². The van der Waals surface area contributed by atoms with Gasteiger partial charge in [-0.15, -0.1) is 0 Å². The van der Waals surface area contributed by atoms with Crippen molar-refractivity contribution >= 4 is 5.91 Å². The molecule has 23 heavy (non-hydrogen) atoms. The Balaban J connectivity index is 1.73. The number of aliphatic hydroxyl groups excluding tert-OH is 1. The zero-order valence-corrected chi connectivity index (χ0v) is 13.1. The van der Waals surface area contributed by atoms with Crippen LogP contribution in [0.25, 0.3) is 0 Å². The highest BCUT2D eigenvalue weighted by molar-refractivity contribution is 5.84. The Labute approximate surface area is 136 Å². The average molecular weight is 311 g/mol. The van der Waals surface area contributed by atoms with Gasteiger partial charge in [-0.3, -0.25) is 4.79 Å². The van der Waals surface area contributed by atoms with Crippen LogP contribution in [0.2, 0.25) is 0 Å². The molecular weight excluding hydrogens is 290 g/mol. The molecule has 0 bridgehead atoms. The molecule has 0 aromatic heterocycles. The van der Waals surface area contributed by atoms with Gasteiger partial charge in [0.2, 0.25) is 0 Å². The fourth-order valence-electron chi connectivity index (χ4n) is 2.87. The van der Waals surface area contributed by atoms with Gasteiger partial charge in [-0.1, -0.05) is 60.7 Å². The minimum absolute atomic E-state index is 0.0639. The molecule has 1 aliphatic heterocycles. The number of nitrogens with zero attached hydrogens (tertiary/aromatic N) is 1. The summed E-state index contributed by atoms with van der Waals surface area (Å²) in [4.78, 5) is 14.5. The van der Waals surface area contributed by atoms with Gasteiger partial charge >= 0.3 is 0 Å². The van der Waals surface area contributed by atoms with Crippen molar-refractivity contribution in [2.75, 3.05) is 13.2 Å². The number of epoxide rings is 1. The van der Waals surface area contributed by atoms with Gasteiger partial charge in [0.25, 0.3) is 5.91 Å². The van der Waals surface area contributed by atoms with E-state index in [4.69, 9.17) is 4.74 Å². The predicted molar refractivity (Wildman–Crippen MR) is 87.7 cm³/mol. The smallest absolute Gasteiger partial charge is 0.255 e. The molecule has 1 N–H and O–H groups in total. The van der Waals surface area contributed by atoms with Gasteiger partial charge in [0.15, 0.2) is 6.10 Å². The first-order valence-electron chi connectivity index (χ1n) is 7.89. The molecule has 1 fully saturated rings. The molecule has 4 nitrogen and oxygen atoms in total. The van der Waals surface area contributed by atoms with Crippen molar-refractivity contribution in [1.82, 2.24) is 4.90 Å². The third-order valence-corrected chi connectivity index (χ3v) is 4.24. The first-order chi connectivity index (χ1) is 11.2. The van der Waals surface area contributed by atoms with Crippen LogP contribution in [0.5, 0.6) is 0 Å². The number of rotatable bonds is 6. The summed E-state index contributed by atoms with van der Waals surface area (Å²) in [6, 6.07) is 19.5. The third-order valence-electron chi connectivity index (χ3n) is 4.24. The zero-order chi connectivity index (χ0) is 16.2. The Kier molecular flexibility index (Phi) is 4.74. The number of carbonyl (C=O) groups is 1. The Morgan fingerprint density at radius 2 is 1.74 bits per heavy atom. The van der Waals surface area contributed by atoms with E-state index < -0.39 is 6.10 Å². The van der Waals surface area contributed by atoms with Crippen molar-refractivity contribution in [3.05, 3.63) is 71.8 Å². The van der Waals surface area contributed by atoms with Crippen LogP contribution in [0.4, 0.5) is 0 Å². The number of carbonyl (C=O) groups excluding carboxylic acids is 1. The van der Waals surface area contributed by atoms with Crippen molar-refractivity contribution < 1.29 is 14.6 Å². The molecule has 0 aliphatic carbocycles. The summed E-state index contributed by atoms with van der Waals surface area (Å²) in [6.07, 6.45) is -0.622. The van der Waals surface area contributed by atoms with Crippen molar-refractivity contribution in [3.63, 3.8) is 0 Å². The van der Waals surface area contributed by atoms with Gasteiger partial charge in [0.1, 0.15) is 6.10 Å². The topological polar surface area (TPSA) is 53.1 Å². The van der Waals surface area contributed by atoms with Crippen LogP contribution >= 0.6 is 0 Å². The molecule has 0 radical (unpaired) electrons. The molecule has 120 valence electrons. The van der Waals surface area contributed by atoms with E-state index in [2.05, 4.69) is 0 Å². The number of hydrogen-bond donors (Lipinski definition) is 1.